The van der Waals surface area contributed by atoms with E-state index in [1.807, 2.05) is 30.3 Å². The zero-order chi connectivity index (χ0) is 14.9. The van der Waals surface area contributed by atoms with E-state index < -0.39 is 0 Å². The summed E-state index contributed by atoms with van der Waals surface area (Å²) < 4.78 is 18.5. The van der Waals surface area contributed by atoms with Gasteiger partial charge in [0, 0.05) is 25.3 Å². The fourth-order valence-corrected chi connectivity index (χ4v) is 2.16. The molecule has 112 valence electrons. The van der Waals surface area contributed by atoms with Gasteiger partial charge < -0.3 is 15.2 Å². The van der Waals surface area contributed by atoms with Gasteiger partial charge in [0.1, 0.15) is 18.2 Å². The molecule has 2 N–H and O–H groups in total. The lowest BCUT2D eigenvalue weighted by atomic mass is 10.0. The van der Waals surface area contributed by atoms with E-state index in [2.05, 4.69) is 5.32 Å². The van der Waals surface area contributed by atoms with Crippen molar-refractivity contribution in [3.05, 3.63) is 66.0 Å². The van der Waals surface area contributed by atoms with Gasteiger partial charge in [-0.3, -0.25) is 0 Å². The van der Waals surface area contributed by atoms with E-state index >= 15 is 0 Å². The predicted molar refractivity (Wildman–Crippen MR) is 80.8 cm³/mol. The van der Waals surface area contributed by atoms with Gasteiger partial charge in [-0.25, -0.2) is 4.39 Å². The van der Waals surface area contributed by atoms with Gasteiger partial charge in [0.15, 0.2) is 0 Å². The number of hydrogen-bond donors (Lipinski definition) is 2. The third kappa shape index (κ3) is 5.17. The Balaban J connectivity index is 1.80. The van der Waals surface area contributed by atoms with Crippen molar-refractivity contribution in [1.29, 1.82) is 0 Å². The number of benzene rings is 2. The van der Waals surface area contributed by atoms with Gasteiger partial charge in [0.25, 0.3) is 0 Å². The Bertz CT molecular complexity index is 533. The van der Waals surface area contributed by atoms with Gasteiger partial charge in [0.2, 0.25) is 0 Å². The first kappa shape index (κ1) is 15.5. The summed E-state index contributed by atoms with van der Waals surface area (Å²) >= 11 is 0. The van der Waals surface area contributed by atoms with Crippen molar-refractivity contribution in [3.63, 3.8) is 0 Å². The lowest BCUT2D eigenvalue weighted by Crippen LogP contribution is -2.27. The van der Waals surface area contributed by atoms with E-state index in [1.165, 1.54) is 12.1 Å². The molecule has 0 aromatic heterocycles. The quantitative estimate of drug-likeness (QED) is 0.734. The molecule has 2 rings (SSSR count). The molecule has 0 aliphatic carbocycles. The molecule has 0 radical (unpaired) electrons. The Morgan fingerprint density at radius 1 is 1.10 bits per heavy atom. The molecule has 0 heterocycles. The van der Waals surface area contributed by atoms with Crippen molar-refractivity contribution >= 4 is 0 Å². The summed E-state index contributed by atoms with van der Waals surface area (Å²) in [5.74, 6) is 0.220. The highest BCUT2D eigenvalue weighted by molar-refractivity contribution is 5.22. The molecule has 0 bridgehead atoms. The molecule has 0 spiro atoms. The number of aliphatic hydroxyl groups excluding tert-OH is 1. The van der Waals surface area contributed by atoms with E-state index in [0.717, 1.165) is 5.56 Å². The molecule has 0 saturated carbocycles. The zero-order valence-electron chi connectivity index (χ0n) is 11.8. The highest BCUT2D eigenvalue weighted by atomic mass is 19.1. The lowest BCUT2D eigenvalue weighted by Gasteiger charge is -2.18. The van der Waals surface area contributed by atoms with Crippen LogP contribution in [-0.4, -0.2) is 24.9 Å². The minimum atomic E-state index is -0.303. The summed E-state index contributed by atoms with van der Waals surface area (Å²) in [5, 5.41) is 12.5. The summed E-state index contributed by atoms with van der Waals surface area (Å²) in [4.78, 5) is 0. The van der Waals surface area contributed by atoms with Crippen molar-refractivity contribution in [1.82, 2.24) is 5.32 Å². The van der Waals surface area contributed by atoms with E-state index in [1.54, 1.807) is 12.1 Å². The van der Waals surface area contributed by atoms with E-state index in [0.29, 0.717) is 25.3 Å². The molecule has 1 atom stereocenters. The smallest absolute Gasteiger partial charge is 0.126 e. The molecule has 4 heteroatoms. The minimum absolute atomic E-state index is 0.0901. The second-order valence-electron chi connectivity index (χ2n) is 4.74. The average Bonchev–Trinajstić information content (AvgIpc) is 2.51. The Labute approximate surface area is 124 Å². The number of hydrogen-bond acceptors (Lipinski definition) is 3. The first-order chi connectivity index (χ1) is 10.3. The Kier molecular flexibility index (Phi) is 6.19. The van der Waals surface area contributed by atoms with Crippen LogP contribution < -0.4 is 10.1 Å². The van der Waals surface area contributed by atoms with Crippen LogP contribution in [0.1, 0.15) is 18.0 Å². The van der Waals surface area contributed by atoms with Crippen molar-refractivity contribution in [2.24, 2.45) is 0 Å². The first-order valence-corrected chi connectivity index (χ1v) is 7.07. The van der Waals surface area contributed by atoms with Crippen LogP contribution in [0.4, 0.5) is 4.39 Å². The molecule has 0 aliphatic heterocycles. The largest absolute Gasteiger partial charge is 0.492 e. The maximum Gasteiger partial charge on any atom is 0.126 e. The average molecular weight is 289 g/mol. The van der Waals surface area contributed by atoms with Gasteiger partial charge in [0.05, 0.1) is 0 Å². The van der Waals surface area contributed by atoms with Crippen LogP contribution in [0.15, 0.2) is 54.6 Å². The maximum absolute atomic E-state index is 13.0. The predicted octanol–water partition coefficient (Wildman–Crippen LogP) is 2.92. The van der Waals surface area contributed by atoms with Gasteiger partial charge >= 0.3 is 0 Å². The Morgan fingerprint density at radius 3 is 2.62 bits per heavy atom. The van der Waals surface area contributed by atoms with Crippen LogP contribution in [-0.2, 0) is 0 Å². The summed E-state index contributed by atoms with van der Waals surface area (Å²) in [7, 11) is 0. The molecule has 0 fully saturated rings. The zero-order valence-corrected chi connectivity index (χ0v) is 11.8. The van der Waals surface area contributed by atoms with Crippen LogP contribution >= 0.6 is 0 Å². The molecule has 0 saturated heterocycles. The van der Waals surface area contributed by atoms with Crippen LogP contribution in [0.5, 0.6) is 5.75 Å². The number of rotatable bonds is 8. The van der Waals surface area contributed by atoms with E-state index in [4.69, 9.17) is 9.84 Å². The number of nitrogens with one attached hydrogen (secondary N) is 1. The van der Waals surface area contributed by atoms with Crippen molar-refractivity contribution in [2.45, 2.75) is 12.5 Å². The third-order valence-corrected chi connectivity index (χ3v) is 3.18. The highest BCUT2D eigenvalue weighted by Crippen LogP contribution is 2.16. The summed E-state index contributed by atoms with van der Waals surface area (Å²) in [5.41, 5.74) is 1.14. The van der Waals surface area contributed by atoms with Crippen molar-refractivity contribution in [3.8, 4) is 5.75 Å². The van der Waals surface area contributed by atoms with Crippen LogP contribution in [0.25, 0.3) is 0 Å². The van der Waals surface area contributed by atoms with Gasteiger partial charge in [-0.1, -0.05) is 36.4 Å². The van der Waals surface area contributed by atoms with Gasteiger partial charge in [-0.05, 0) is 24.1 Å². The molecule has 2 aromatic rings. The Morgan fingerprint density at radius 2 is 1.90 bits per heavy atom. The highest BCUT2D eigenvalue weighted by Gasteiger charge is 2.09. The fourth-order valence-electron chi connectivity index (χ4n) is 2.16. The van der Waals surface area contributed by atoms with Crippen LogP contribution in [0.3, 0.4) is 0 Å². The third-order valence-electron chi connectivity index (χ3n) is 3.18. The van der Waals surface area contributed by atoms with Gasteiger partial charge in [-0.15, -0.1) is 0 Å². The normalized spacial score (nSPS) is 12.1. The van der Waals surface area contributed by atoms with Gasteiger partial charge in [-0.2, -0.15) is 0 Å². The minimum Gasteiger partial charge on any atom is -0.492 e. The van der Waals surface area contributed by atoms with Crippen LogP contribution in [0, 0.1) is 5.82 Å². The molecule has 0 aliphatic rings. The molecule has 21 heavy (non-hydrogen) atoms. The molecule has 3 nitrogen and oxygen atoms in total. The number of halogens is 1. The molecule has 1 unspecified atom stereocenters. The molecule has 2 aromatic carbocycles. The fraction of sp³-hybridized carbons (Fsp3) is 0.294. The van der Waals surface area contributed by atoms with Crippen LogP contribution in [0.2, 0.25) is 0 Å². The second-order valence-corrected chi connectivity index (χ2v) is 4.74. The topological polar surface area (TPSA) is 41.5 Å². The number of aliphatic hydroxyl groups is 1. The van der Waals surface area contributed by atoms with E-state index in [9.17, 15) is 4.39 Å². The van der Waals surface area contributed by atoms with E-state index in [-0.39, 0.29) is 18.5 Å². The van der Waals surface area contributed by atoms with Crippen molar-refractivity contribution < 1.29 is 14.2 Å². The first-order valence-electron chi connectivity index (χ1n) is 7.07. The maximum atomic E-state index is 13.0. The summed E-state index contributed by atoms with van der Waals surface area (Å²) in [6.45, 7) is 1.19. The molecule has 0 amide bonds. The summed E-state index contributed by atoms with van der Waals surface area (Å²) in [6, 6.07) is 16.2. The SMILES string of the molecule is OCCC(NCCOc1cccc(F)c1)c1ccccc1. The summed E-state index contributed by atoms with van der Waals surface area (Å²) in [6.07, 6.45) is 0.643. The van der Waals surface area contributed by atoms with Crippen molar-refractivity contribution in [2.75, 3.05) is 19.8 Å². The second kappa shape index (κ2) is 8.39. The standard InChI is InChI=1S/C17H20FNO2/c18-15-7-4-8-16(13-15)21-12-10-19-17(9-11-20)14-5-2-1-3-6-14/h1-8,13,17,19-20H,9-12H2. The monoisotopic (exact) mass is 289 g/mol. The molecular weight excluding hydrogens is 269 g/mol. The lowest BCUT2D eigenvalue weighted by molar-refractivity contribution is 0.255. The Hall–Kier alpha value is -1.91. The molecular formula is C17H20FNO2. The number of ether oxygens (including phenoxy) is 1.